The third-order valence-corrected chi connectivity index (χ3v) is 9.72. The van der Waals surface area contributed by atoms with Crippen molar-refractivity contribution < 1.29 is 32.5 Å². The molecule has 2 saturated heterocycles. The standard InChI is InChI=1S/C36H50F3N7O4/c1-35(2,3)50-34(48)45-22-29(23-45)49-19-18-43-14-16-44(17-15-43)21-25-4-6-26(7-5-25)31-24-46(27-8-10-28(47)11-9-27)32-30(31)20-41-33(42-32)40-13-12-36(37,38)39/h4-7,20,24,27-29,47H,8-19,21-23H2,1-3H3,(H,40,41,42). The number of carbonyl (C=O) groups excluding carboxylic acids is 1. The van der Waals surface area contributed by atoms with Crippen LogP contribution < -0.4 is 5.32 Å². The Morgan fingerprint density at radius 3 is 2.34 bits per heavy atom. The van der Waals surface area contributed by atoms with Crippen LogP contribution in [0.1, 0.15) is 64.5 Å². The number of aromatic nitrogens is 3. The average molecular weight is 702 g/mol. The molecule has 1 aromatic carbocycles. The zero-order valence-electron chi connectivity index (χ0n) is 29.3. The lowest BCUT2D eigenvalue weighted by Crippen LogP contribution is -2.56. The van der Waals surface area contributed by atoms with Crippen molar-refractivity contribution in [2.45, 2.75) is 89.4 Å². The van der Waals surface area contributed by atoms with E-state index in [2.05, 4.69) is 60.1 Å². The van der Waals surface area contributed by atoms with Gasteiger partial charge in [0.25, 0.3) is 0 Å². The minimum Gasteiger partial charge on any atom is -0.444 e. The summed E-state index contributed by atoms with van der Waals surface area (Å²) in [6.07, 6.45) is 1.08. The predicted molar refractivity (Wildman–Crippen MR) is 185 cm³/mol. The topological polar surface area (TPSA) is 108 Å². The van der Waals surface area contributed by atoms with E-state index in [1.807, 2.05) is 20.8 Å². The van der Waals surface area contributed by atoms with Crippen molar-refractivity contribution in [2.24, 2.45) is 0 Å². The van der Waals surface area contributed by atoms with Gasteiger partial charge in [0.05, 0.1) is 38.3 Å². The fourth-order valence-electron chi connectivity index (χ4n) is 6.86. The number of halogens is 3. The molecule has 3 aromatic rings. The molecule has 1 saturated carbocycles. The number of hydrogen-bond donors (Lipinski definition) is 2. The molecule has 3 fully saturated rings. The summed E-state index contributed by atoms with van der Waals surface area (Å²) in [6.45, 7) is 12.7. The Hall–Kier alpha value is -3.46. The van der Waals surface area contributed by atoms with E-state index in [0.717, 1.165) is 68.6 Å². The van der Waals surface area contributed by atoms with Crippen molar-refractivity contribution in [3.63, 3.8) is 0 Å². The molecular weight excluding hydrogens is 651 g/mol. The van der Waals surface area contributed by atoms with Crippen LogP contribution in [0.15, 0.2) is 36.7 Å². The smallest absolute Gasteiger partial charge is 0.410 e. The Morgan fingerprint density at radius 2 is 1.68 bits per heavy atom. The SMILES string of the molecule is CC(C)(C)OC(=O)N1CC(OCCN2CCN(Cc3ccc(-c4cn(C5CCC(O)CC5)c5nc(NCCC(F)(F)F)ncc45)cc3)CC2)C1. The predicted octanol–water partition coefficient (Wildman–Crippen LogP) is 5.69. The minimum atomic E-state index is -4.25. The molecule has 2 aromatic heterocycles. The number of aliphatic hydroxyl groups is 1. The molecule has 3 aliphatic rings. The quantitative estimate of drug-likeness (QED) is 0.261. The largest absolute Gasteiger partial charge is 0.444 e. The van der Waals surface area contributed by atoms with Gasteiger partial charge in [-0.15, -0.1) is 0 Å². The lowest BCUT2D eigenvalue weighted by atomic mass is 9.93. The van der Waals surface area contributed by atoms with Crippen LogP contribution in [0.25, 0.3) is 22.2 Å². The van der Waals surface area contributed by atoms with E-state index < -0.39 is 18.2 Å². The summed E-state index contributed by atoms with van der Waals surface area (Å²) in [6, 6.07) is 8.69. The highest BCUT2D eigenvalue weighted by Crippen LogP contribution is 2.37. The summed E-state index contributed by atoms with van der Waals surface area (Å²) < 4.78 is 51.7. The number of rotatable bonds is 11. The van der Waals surface area contributed by atoms with E-state index in [9.17, 15) is 23.1 Å². The molecular formula is C36H50F3N7O4. The summed E-state index contributed by atoms with van der Waals surface area (Å²) in [4.78, 5) is 27.7. The Labute approximate surface area is 291 Å². The normalized spacial score (nSPS) is 21.4. The number of hydrogen-bond acceptors (Lipinski definition) is 9. The van der Waals surface area contributed by atoms with Gasteiger partial charge < -0.3 is 29.4 Å². The number of aliphatic hydroxyl groups excluding tert-OH is 1. The highest BCUT2D eigenvalue weighted by Gasteiger charge is 2.34. The molecule has 0 bridgehead atoms. The number of nitrogens with zero attached hydrogens (tertiary/aromatic N) is 6. The van der Waals surface area contributed by atoms with E-state index in [1.54, 1.807) is 11.1 Å². The minimum absolute atomic E-state index is 0.0725. The van der Waals surface area contributed by atoms with E-state index >= 15 is 0 Å². The fraction of sp³-hybridized carbons (Fsp3) is 0.639. The van der Waals surface area contributed by atoms with E-state index in [-0.39, 0.29) is 36.8 Å². The maximum atomic E-state index is 12.7. The molecule has 11 nitrogen and oxygen atoms in total. The van der Waals surface area contributed by atoms with Gasteiger partial charge in [-0.3, -0.25) is 9.80 Å². The number of piperazine rings is 1. The lowest BCUT2D eigenvalue weighted by molar-refractivity contribution is -0.131. The number of carbonyl (C=O) groups is 1. The van der Waals surface area contributed by atoms with Gasteiger partial charge in [-0.1, -0.05) is 24.3 Å². The van der Waals surface area contributed by atoms with Gasteiger partial charge in [0.2, 0.25) is 5.95 Å². The van der Waals surface area contributed by atoms with Crippen molar-refractivity contribution in [3.8, 4) is 11.1 Å². The van der Waals surface area contributed by atoms with Crippen molar-refractivity contribution >= 4 is 23.1 Å². The molecule has 2 N–H and O–H groups in total. The van der Waals surface area contributed by atoms with Crippen LogP contribution in [0, 0.1) is 0 Å². The molecule has 2 aliphatic heterocycles. The summed E-state index contributed by atoms with van der Waals surface area (Å²) >= 11 is 0. The second-order valence-corrected chi connectivity index (χ2v) is 14.8. The highest BCUT2D eigenvalue weighted by atomic mass is 19.4. The summed E-state index contributed by atoms with van der Waals surface area (Å²) in [5.74, 6) is 0.177. The molecule has 0 unspecified atom stereocenters. The first-order valence-electron chi connectivity index (χ1n) is 17.8. The van der Waals surface area contributed by atoms with Crippen molar-refractivity contribution in [2.75, 3.05) is 64.3 Å². The van der Waals surface area contributed by atoms with Gasteiger partial charge in [-0.05, 0) is 57.6 Å². The van der Waals surface area contributed by atoms with Gasteiger partial charge in [-0.2, -0.15) is 18.2 Å². The third-order valence-electron chi connectivity index (χ3n) is 9.72. The van der Waals surface area contributed by atoms with Crippen molar-refractivity contribution in [1.82, 2.24) is 29.2 Å². The summed E-state index contributed by atoms with van der Waals surface area (Å²) in [7, 11) is 0. The van der Waals surface area contributed by atoms with Gasteiger partial charge in [0, 0.05) is 75.2 Å². The van der Waals surface area contributed by atoms with Crippen LogP contribution in [0.4, 0.5) is 23.9 Å². The van der Waals surface area contributed by atoms with Gasteiger partial charge in [0.15, 0.2) is 0 Å². The number of nitrogens with one attached hydrogen (secondary N) is 1. The first kappa shape index (κ1) is 36.3. The van der Waals surface area contributed by atoms with E-state index in [1.165, 1.54) is 5.56 Å². The summed E-state index contributed by atoms with van der Waals surface area (Å²) in [5, 5.41) is 13.7. The van der Waals surface area contributed by atoms with Crippen LogP contribution >= 0.6 is 0 Å². The van der Waals surface area contributed by atoms with Crippen LogP contribution in [0.2, 0.25) is 0 Å². The molecule has 4 heterocycles. The zero-order chi connectivity index (χ0) is 35.5. The van der Waals surface area contributed by atoms with Crippen LogP contribution in [-0.2, 0) is 16.0 Å². The Morgan fingerprint density at radius 1 is 1.00 bits per heavy atom. The molecule has 6 rings (SSSR count). The van der Waals surface area contributed by atoms with Gasteiger partial charge in [0.1, 0.15) is 11.2 Å². The molecule has 0 radical (unpaired) electrons. The number of benzene rings is 1. The second kappa shape index (κ2) is 15.4. The third kappa shape index (κ3) is 9.65. The lowest BCUT2D eigenvalue weighted by Gasteiger charge is -2.40. The van der Waals surface area contributed by atoms with Crippen LogP contribution in [-0.4, -0.2) is 123 Å². The van der Waals surface area contributed by atoms with Gasteiger partial charge >= 0.3 is 12.3 Å². The van der Waals surface area contributed by atoms with E-state index in [4.69, 9.17) is 9.47 Å². The Bertz CT molecular complexity index is 1570. The fourth-order valence-corrected chi connectivity index (χ4v) is 6.86. The maximum absolute atomic E-state index is 12.7. The first-order valence-corrected chi connectivity index (χ1v) is 17.8. The number of fused-ring (bicyclic) bond motifs is 1. The second-order valence-electron chi connectivity index (χ2n) is 14.8. The monoisotopic (exact) mass is 701 g/mol. The molecule has 274 valence electrons. The number of alkyl halides is 3. The van der Waals surface area contributed by atoms with Crippen molar-refractivity contribution in [1.29, 1.82) is 0 Å². The molecule has 1 aliphatic carbocycles. The average Bonchev–Trinajstić information content (AvgIpc) is 3.41. The van der Waals surface area contributed by atoms with Crippen LogP contribution in [0.3, 0.4) is 0 Å². The molecule has 0 spiro atoms. The Balaban J connectivity index is 1.00. The molecule has 50 heavy (non-hydrogen) atoms. The van der Waals surface area contributed by atoms with Crippen LogP contribution in [0.5, 0.6) is 0 Å². The molecule has 14 heteroatoms. The Kier molecular flexibility index (Phi) is 11.2. The summed E-state index contributed by atoms with van der Waals surface area (Å²) in [5.41, 5.74) is 3.43. The van der Waals surface area contributed by atoms with Gasteiger partial charge in [-0.25, -0.2) is 9.78 Å². The zero-order valence-corrected chi connectivity index (χ0v) is 29.3. The maximum Gasteiger partial charge on any atom is 0.410 e. The highest BCUT2D eigenvalue weighted by molar-refractivity contribution is 5.94. The number of anilines is 1. The van der Waals surface area contributed by atoms with Crippen molar-refractivity contribution in [3.05, 3.63) is 42.2 Å². The first-order chi connectivity index (χ1) is 23.8. The number of ether oxygens (including phenoxy) is 2. The number of amides is 1. The van der Waals surface area contributed by atoms with E-state index in [0.29, 0.717) is 38.2 Å². The molecule has 1 amide bonds. The number of likely N-dealkylation sites (tertiary alicyclic amines) is 1. The molecule has 0 atom stereocenters.